The van der Waals surface area contributed by atoms with Crippen molar-refractivity contribution in [2.45, 2.75) is 18.6 Å². The van der Waals surface area contributed by atoms with Crippen LogP contribution in [0, 0.1) is 0 Å². The van der Waals surface area contributed by atoms with E-state index >= 15 is 0 Å². The molecule has 1 atom stereocenters. The molecule has 0 bridgehead atoms. The van der Waals surface area contributed by atoms with Crippen LogP contribution in [-0.2, 0) is 11.2 Å². The molecular weight excluding hydrogens is 362 g/mol. The van der Waals surface area contributed by atoms with Crippen molar-refractivity contribution in [3.8, 4) is 11.5 Å². The maximum atomic E-state index is 12.2. The highest BCUT2D eigenvalue weighted by molar-refractivity contribution is 8.15. The highest BCUT2D eigenvalue weighted by Crippen LogP contribution is 2.24. The zero-order chi connectivity index (χ0) is 19.1. The summed E-state index contributed by atoms with van der Waals surface area (Å²) in [4.78, 5) is 12.2. The van der Waals surface area contributed by atoms with Crippen LogP contribution in [0.25, 0.3) is 0 Å². The third-order valence-electron chi connectivity index (χ3n) is 3.92. The van der Waals surface area contributed by atoms with Crippen molar-refractivity contribution in [3.05, 3.63) is 59.7 Å². The lowest BCUT2D eigenvalue weighted by Gasteiger charge is -2.07. The van der Waals surface area contributed by atoms with Crippen LogP contribution in [0.4, 0.5) is 0 Å². The number of nitrogens with zero attached hydrogens (tertiary/aromatic N) is 2. The Hall–Kier alpha value is -2.80. The molecule has 1 aliphatic heterocycles. The van der Waals surface area contributed by atoms with Gasteiger partial charge in [0.2, 0.25) is 5.91 Å². The van der Waals surface area contributed by atoms with Crippen LogP contribution in [0.2, 0.25) is 0 Å². The number of carbonyl (C=O) groups is 1. The van der Waals surface area contributed by atoms with Gasteiger partial charge in [-0.2, -0.15) is 5.10 Å². The molecule has 3 rings (SSSR count). The van der Waals surface area contributed by atoms with Crippen LogP contribution < -0.4 is 14.8 Å². The Labute approximate surface area is 162 Å². The predicted molar refractivity (Wildman–Crippen MR) is 109 cm³/mol. The summed E-state index contributed by atoms with van der Waals surface area (Å²) in [6.45, 7) is 2.58. The van der Waals surface area contributed by atoms with Crippen molar-refractivity contribution in [3.63, 3.8) is 0 Å². The van der Waals surface area contributed by atoms with Crippen LogP contribution >= 0.6 is 11.8 Å². The quantitative estimate of drug-likeness (QED) is 0.588. The number of carbonyl (C=O) groups excluding carboxylic acids is 1. The Balaban J connectivity index is 1.61. The molecular formula is C20H21N3O3S. The van der Waals surface area contributed by atoms with Gasteiger partial charge in [0.25, 0.3) is 0 Å². The van der Waals surface area contributed by atoms with Crippen LogP contribution in [0.3, 0.4) is 0 Å². The van der Waals surface area contributed by atoms with Crippen LogP contribution in [-0.4, -0.2) is 36.3 Å². The van der Waals surface area contributed by atoms with Gasteiger partial charge in [-0.25, -0.2) is 0 Å². The van der Waals surface area contributed by atoms with E-state index in [-0.39, 0.29) is 11.2 Å². The summed E-state index contributed by atoms with van der Waals surface area (Å²) >= 11 is 1.39. The monoisotopic (exact) mass is 383 g/mol. The average molecular weight is 383 g/mol. The number of thioether (sulfide) groups is 1. The van der Waals surface area contributed by atoms with Gasteiger partial charge in [0, 0.05) is 5.56 Å². The minimum atomic E-state index is -0.219. The molecule has 1 aliphatic rings. The first-order chi connectivity index (χ1) is 13.2. The minimum absolute atomic E-state index is 0.0554. The second kappa shape index (κ2) is 9.23. The summed E-state index contributed by atoms with van der Waals surface area (Å²) in [5.41, 5.74) is 1.90. The van der Waals surface area contributed by atoms with Crippen LogP contribution in [0.15, 0.2) is 58.7 Å². The molecule has 1 saturated heterocycles. The second-order valence-corrected chi connectivity index (χ2v) is 6.96. The summed E-state index contributed by atoms with van der Waals surface area (Å²) < 4.78 is 10.7. The van der Waals surface area contributed by atoms with Crippen LogP contribution in [0.5, 0.6) is 11.5 Å². The molecule has 0 spiro atoms. The predicted octanol–water partition coefficient (Wildman–Crippen LogP) is 3.26. The molecule has 0 aromatic heterocycles. The molecule has 7 heteroatoms. The molecule has 1 fully saturated rings. The molecule has 1 heterocycles. The van der Waals surface area contributed by atoms with E-state index < -0.39 is 0 Å². The number of amides is 1. The van der Waals surface area contributed by atoms with E-state index in [1.807, 2.05) is 55.5 Å². The number of rotatable bonds is 7. The lowest BCUT2D eigenvalue weighted by molar-refractivity contribution is -0.118. The Kier molecular flexibility index (Phi) is 6.49. The largest absolute Gasteiger partial charge is 0.496 e. The third kappa shape index (κ3) is 5.10. The fourth-order valence-electron chi connectivity index (χ4n) is 2.61. The minimum Gasteiger partial charge on any atom is -0.496 e. The van der Waals surface area contributed by atoms with Crippen molar-refractivity contribution in [1.29, 1.82) is 0 Å². The Morgan fingerprint density at radius 3 is 2.70 bits per heavy atom. The first-order valence-electron chi connectivity index (χ1n) is 8.63. The lowest BCUT2D eigenvalue weighted by Crippen LogP contribution is -2.25. The second-order valence-electron chi connectivity index (χ2n) is 5.77. The van der Waals surface area contributed by atoms with E-state index in [2.05, 4.69) is 15.5 Å². The van der Waals surface area contributed by atoms with Crippen molar-refractivity contribution < 1.29 is 14.3 Å². The number of ether oxygens (including phenoxy) is 2. The molecule has 140 valence electrons. The zero-order valence-corrected chi connectivity index (χ0v) is 16.0. The molecule has 2 aromatic carbocycles. The van der Waals surface area contributed by atoms with E-state index in [9.17, 15) is 4.79 Å². The van der Waals surface area contributed by atoms with Crippen LogP contribution in [0.1, 0.15) is 18.1 Å². The first-order valence-corrected chi connectivity index (χ1v) is 9.51. The number of nitrogens with one attached hydrogen (secondary N) is 1. The average Bonchev–Trinajstić information content (AvgIpc) is 3.03. The first kappa shape index (κ1) is 19.0. The fourth-order valence-corrected chi connectivity index (χ4v) is 3.57. The molecule has 27 heavy (non-hydrogen) atoms. The van der Waals surface area contributed by atoms with Gasteiger partial charge in [0.1, 0.15) is 11.5 Å². The molecule has 0 radical (unpaired) electrons. The van der Waals surface area contributed by atoms with E-state index in [1.165, 1.54) is 11.8 Å². The van der Waals surface area contributed by atoms with Gasteiger partial charge in [0.15, 0.2) is 5.17 Å². The van der Waals surface area contributed by atoms with Gasteiger partial charge >= 0.3 is 0 Å². The molecule has 0 aliphatic carbocycles. The van der Waals surface area contributed by atoms with Gasteiger partial charge < -0.3 is 14.8 Å². The van der Waals surface area contributed by atoms with E-state index in [1.54, 1.807) is 13.3 Å². The van der Waals surface area contributed by atoms with E-state index in [0.29, 0.717) is 18.2 Å². The molecule has 6 nitrogen and oxygen atoms in total. The SMILES string of the molecule is CCOc1ccc(CC2S/C(=N/N=C/c3ccccc3OC)NC2=O)cc1. The molecule has 1 unspecified atom stereocenters. The summed E-state index contributed by atoms with van der Waals surface area (Å²) in [5.74, 6) is 1.50. The normalized spacial score (nSPS) is 18.1. The number of amidine groups is 1. The lowest BCUT2D eigenvalue weighted by atomic mass is 10.1. The van der Waals surface area contributed by atoms with Gasteiger partial charge in [0.05, 0.1) is 25.2 Å². The number of hydrogen-bond donors (Lipinski definition) is 1. The number of para-hydroxylation sites is 1. The fraction of sp³-hybridized carbons (Fsp3) is 0.250. The highest BCUT2D eigenvalue weighted by Gasteiger charge is 2.30. The van der Waals surface area contributed by atoms with E-state index in [0.717, 1.165) is 22.6 Å². The van der Waals surface area contributed by atoms with Gasteiger partial charge in [-0.3, -0.25) is 4.79 Å². The van der Waals surface area contributed by atoms with Crippen molar-refractivity contribution >= 4 is 29.1 Å². The Morgan fingerprint density at radius 2 is 1.96 bits per heavy atom. The standard InChI is InChI=1S/C20H21N3O3S/c1-3-26-16-10-8-14(9-11-16)12-18-19(24)22-20(27-18)23-21-13-15-6-4-5-7-17(15)25-2/h4-11,13,18H,3,12H2,1-2H3,(H,22,23,24)/b21-13+. The van der Waals surface area contributed by atoms with Crippen molar-refractivity contribution in [2.24, 2.45) is 10.2 Å². The third-order valence-corrected chi connectivity index (χ3v) is 4.99. The van der Waals surface area contributed by atoms with Gasteiger partial charge in [-0.1, -0.05) is 36.0 Å². The summed E-state index contributed by atoms with van der Waals surface area (Å²) in [5, 5.41) is 11.2. The summed E-state index contributed by atoms with van der Waals surface area (Å²) in [7, 11) is 1.61. The Morgan fingerprint density at radius 1 is 1.19 bits per heavy atom. The topological polar surface area (TPSA) is 72.3 Å². The zero-order valence-electron chi connectivity index (χ0n) is 15.2. The van der Waals surface area contributed by atoms with Crippen molar-refractivity contribution in [2.75, 3.05) is 13.7 Å². The van der Waals surface area contributed by atoms with Gasteiger partial charge in [-0.15, -0.1) is 5.10 Å². The van der Waals surface area contributed by atoms with Crippen molar-refractivity contribution in [1.82, 2.24) is 5.32 Å². The number of methoxy groups -OCH3 is 1. The highest BCUT2D eigenvalue weighted by atomic mass is 32.2. The molecule has 1 amide bonds. The number of hydrogen-bond acceptors (Lipinski definition) is 6. The maximum Gasteiger partial charge on any atom is 0.239 e. The Bertz CT molecular complexity index is 850. The maximum absolute atomic E-state index is 12.2. The molecule has 2 aromatic rings. The van der Waals surface area contributed by atoms with E-state index in [4.69, 9.17) is 9.47 Å². The number of benzene rings is 2. The summed E-state index contributed by atoms with van der Waals surface area (Å²) in [6.07, 6.45) is 2.23. The molecule has 1 N–H and O–H groups in total. The smallest absolute Gasteiger partial charge is 0.239 e. The molecule has 0 saturated carbocycles. The van der Waals surface area contributed by atoms with Gasteiger partial charge in [-0.05, 0) is 43.2 Å². The summed E-state index contributed by atoms with van der Waals surface area (Å²) in [6, 6.07) is 15.3.